The van der Waals surface area contributed by atoms with Crippen LogP contribution in [0.4, 0.5) is 17.1 Å². The lowest BCUT2D eigenvalue weighted by molar-refractivity contribution is -0.383. The maximum atomic E-state index is 11.0. The number of hydrogen-bond donors (Lipinski definition) is 4. The Balaban J connectivity index is 2.99. The molecule has 94 valence electrons. The van der Waals surface area contributed by atoms with E-state index in [-0.39, 0.29) is 32.0 Å². The number of para-hydroxylation sites is 1. The average Bonchev–Trinajstić information content (AvgIpc) is 2.33. The molecule has 0 aliphatic rings. The molecule has 1 rings (SSSR count). The second-order valence-corrected chi connectivity index (χ2v) is 3.26. The summed E-state index contributed by atoms with van der Waals surface area (Å²) in [5.74, 6) is 0. The third-order valence-corrected chi connectivity index (χ3v) is 2.07. The van der Waals surface area contributed by atoms with Gasteiger partial charge in [0, 0.05) is 13.1 Å². The van der Waals surface area contributed by atoms with Crippen LogP contribution in [-0.4, -0.2) is 41.4 Å². The maximum absolute atomic E-state index is 11.0. The molecule has 7 nitrogen and oxygen atoms in total. The van der Waals surface area contributed by atoms with Crippen LogP contribution in [0.5, 0.6) is 0 Å². The summed E-state index contributed by atoms with van der Waals surface area (Å²) in [4.78, 5) is 10.5. The molecule has 0 atom stereocenters. The van der Waals surface area contributed by atoms with Crippen molar-refractivity contribution in [3.63, 3.8) is 0 Å². The molecule has 0 radical (unpaired) electrons. The van der Waals surface area contributed by atoms with Gasteiger partial charge in [-0.3, -0.25) is 10.1 Å². The first kappa shape index (κ1) is 13.2. The van der Waals surface area contributed by atoms with Gasteiger partial charge in [-0.05, 0) is 12.1 Å². The molecule has 1 aromatic rings. The van der Waals surface area contributed by atoms with Gasteiger partial charge >= 0.3 is 5.69 Å². The van der Waals surface area contributed by atoms with Crippen molar-refractivity contribution in [2.75, 3.05) is 36.9 Å². The zero-order valence-corrected chi connectivity index (χ0v) is 9.22. The zero-order chi connectivity index (χ0) is 12.7. The van der Waals surface area contributed by atoms with Gasteiger partial charge in [0.15, 0.2) is 0 Å². The number of nitrogens with zero attached hydrogens (tertiary/aromatic N) is 1. The third-order valence-electron chi connectivity index (χ3n) is 2.07. The highest BCUT2D eigenvalue weighted by Crippen LogP contribution is 2.32. The Labute approximate surface area is 98.2 Å². The van der Waals surface area contributed by atoms with Gasteiger partial charge in [-0.15, -0.1) is 0 Å². The second-order valence-electron chi connectivity index (χ2n) is 3.26. The molecule has 0 amide bonds. The lowest BCUT2D eigenvalue weighted by atomic mass is 10.2. The first-order valence-corrected chi connectivity index (χ1v) is 5.17. The summed E-state index contributed by atoms with van der Waals surface area (Å²) in [6.07, 6.45) is 0. The number of hydrogen-bond acceptors (Lipinski definition) is 6. The Kier molecular flexibility index (Phi) is 5.18. The van der Waals surface area contributed by atoms with Crippen LogP contribution in [0, 0.1) is 10.1 Å². The molecule has 4 N–H and O–H groups in total. The van der Waals surface area contributed by atoms with E-state index in [2.05, 4.69) is 10.6 Å². The molecular formula is C10H15N3O4. The number of anilines is 2. The molecule has 0 aromatic heterocycles. The van der Waals surface area contributed by atoms with E-state index < -0.39 is 4.92 Å². The van der Waals surface area contributed by atoms with Gasteiger partial charge in [0.25, 0.3) is 0 Å². The highest BCUT2D eigenvalue weighted by Gasteiger charge is 2.18. The van der Waals surface area contributed by atoms with Gasteiger partial charge in [0.05, 0.1) is 18.1 Å². The molecule has 0 unspecified atom stereocenters. The van der Waals surface area contributed by atoms with Crippen molar-refractivity contribution < 1.29 is 15.1 Å². The van der Waals surface area contributed by atoms with Crippen LogP contribution in [0.2, 0.25) is 0 Å². The molecule has 1 aromatic carbocycles. The summed E-state index contributed by atoms with van der Waals surface area (Å²) in [5, 5.41) is 33.9. The molecule has 7 heteroatoms. The van der Waals surface area contributed by atoms with Gasteiger partial charge in [-0.1, -0.05) is 6.07 Å². The predicted molar refractivity (Wildman–Crippen MR) is 64.2 cm³/mol. The van der Waals surface area contributed by atoms with E-state index in [1.165, 1.54) is 0 Å². The van der Waals surface area contributed by atoms with Crippen LogP contribution >= 0.6 is 0 Å². The van der Waals surface area contributed by atoms with Gasteiger partial charge in [0.1, 0.15) is 11.4 Å². The molecule has 0 spiro atoms. The van der Waals surface area contributed by atoms with Crippen LogP contribution in [0.3, 0.4) is 0 Å². The van der Waals surface area contributed by atoms with Crippen LogP contribution in [0.15, 0.2) is 18.2 Å². The second kappa shape index (κ2) is 6.66. The Hall–Kier alpha value is -1.86. The largest absolute Gasteiger partial charge is 0.395 e. The zero-order valence-electron chi connectivity index (χ0n) is 9.22. The minimum atomic E-state index is -0.501. The van der Waals surface area contributed by atoms with Crippen molar-refractivity contribution in [3.8, 4) is 0 Å². The smallest absolute Gasteiger partial charge is 0.315 e. The predicted octanol–water partition coefficient (Wildman–Crippen LogP) is 0.403. The number of nitro benzene ring substituents is 1. The number of nitro groups is 1. The van der Waals surface area contributed by atoms with Crippen molar-refractivity contribution in [1.82, 2.24) is 0 Å². The minimum Gasteiger partial charge on any atom is -0.395 e. The molecule has 17 heavy (non-hydrogen) atoms. The molecular weight excluding hydrogens is 226 g/mol. The molecule has 0 saturated heterocycles. The summed E-state index contributed by atoms with van der Waals surface area (Å²) in [6.45, 7) is 0.269. The third kappa shape index (κ3) is 3.58. The van der Waals surface area contributed by atoms with E-state index in [0.717, 1.165) is 0 Å². The molecule has 0 aliphatic heterocycles. The normalized spacial score (nSPS) is 10.0. The highest BCUT2D eigenvalue weighted by molar-refractivity contribution is 5.76. The molecule has 0 bridgehead atoms. The summed E-state index contributed by atoms with van der Waals surface area (Å²) < 4.78 is 0. The van der Waals surface area contributed by atoms with Crippen LogP contribution < -0.4 is 10.6 Å². The lowest BCUT2D eigenvalue weighted by Crippen LogP contribution is -2.11. The molecule has 0 heterocycles. The van der Waals surface area contributed by atoms with Gasteiger partial charge in [-0.2, -0.15) is 0 Å². The average molecular weight is 241 g/mol. The first-order valence-electron chi connectivity index (χ1n) is 5.17. The Morgan fingerprint density at radius 1 is 1.12 bits per heavy atom. The fraction of sp³-hybridized carbons (Fsp3) is 0.400. The standard InChI is InChI=1S/C10H15N3O4/c14-6-4-11-8-2-1-3-9(12-5-7-15)10(8)13(16)17/h1-3,11-12,14-15H,4-7H2. The van der Waals surface area contributed by atoms with Crippen LogP contribution in [0.1, 0.15) is 0 Å². The monoisotopic (exact) mass is 241 g/mol. The lowest BCUT2D eigenvalue weighted by Gasteiger charge is -2.10. The summed E-state index contributed by atoms with van der Waals surface area (Å²) >= 11 is 0. The summed E-state index contributed by atoms with van der Waals surface area (Å²) in [7, 11) is 0. The maximum Gasteiger partial charge on any atom is 0.315 e. The SMILES string of the molecule is O=[N+]([O-])c1c(NCCO)cccc1NCCO. The highest BCUT2D eigenvalue weighted by atomic mass is 16.6. The van der Waals surface area contributed by atoms with E-state index in [9.17, 15) is 10.1 Å². The first-order chi connectivity index (χ1) is 8.20. The quantitative estimate of drug-likeness (QED) is 0.406. The number of rotatable bonds is 7. The van der Waals surface area contributed by atoms with Crippen molar-refractivity contribution in [1.29, 1.82) is 0 Å². The Morgan fingerprint density at radius 2 is 1.59 bits per heavy atom. The van der Waals surface area contributed by atoms with Crippen molar-refractivity contribution >= 4 is 17.1 Å². The van der Waals surface area contributed by atoms with Crippen molar-refractivity contribution in [2.45, 2.75) is 0 Å². The van der Waals surface area contributed by atoms with Gasteiger partial charge in [0.2, 0.25) is 0 Å². The minimum absolute atomic E-state index is 0.0885. The van der Waals surface area contributed by atoms with E-state index in [1.54, 1.807) is 18.2 Å². The fourth-order valence-corrected chi connectivity index (χ4v) is 1.41. The van der Waals surface area contributed by atoms with Gasteiger partial charge in [-0.25, -0.2) is 0 Å². The topological polar surface area (TPSA) is 108 Å². The van der Waals surface area contributed by atoms with E-state index in [4.69, 9.17) is 10.2 Å². The summed E-state index contributed by atoms with van der Waals surface area (Å²) in [6, 6.07) is 4.79. The number of aliphatic hydroxyl groups is 2. The van der Waals surface area contributed by atoms with E-state index in [0.29, 0.717) is 11.4 Å². The molecule has 0 saturated carbocycles. The molecule has 0 aliphatic carbocycles. The number of aliphatic hydroxyl groups excluding tert-OH is 2. The van der Waals surface area contributed by atoms with Gasteiger partial charge < -0.3 is 20.8 Å². The van der Waals surface area contributed by atoms with Crippen LogP contribution in [0.25, 0.3) is 0 Å². The Morgan fingerprint density at radius 3 is 1.94 bits per heavy atom. The summed E-state index contributed by atoms with van der Waals surface area (Å²) in [5.41, 5.74) is 0.591. The van der Waals surface area contributed by atoms with Crippen molar-refractivity contribution in [2.24, 2.45) is 0 Å². The van der Waals surface area contributed by atoms with E-state index >= 15 is 0 Å². The Bertz CT molecular complexity index is 358. The van der Waals surface area contributed by atoms with Crippen molar-refractivity contribution in [3.05, 3.63) is 28.3 Å². The number of benzene rings is 1. The number of nitrogens with one attached hydrogen (secondary N) is 2. The van der Waals surface area contributed by atoms with E-state index in [1.807, 2.05) is 0 Å². The fourth-order valence-electron chi connectivity index (χ4n) is 1.41. The molecule has 0 fully saturated rings. The van der Waals surface area contributed by atoms with Crippen LogP contribution in [-0.2, 0) is 0 Å².